The molecule has 0 aliphatic rings. The molecule has 0 aliphatic heterocycles. The first-order valence-electron chi connectivity index (χ1n) is 7.80. The largest absolute Gasteiger partial charge is 0.465 e. The van der Waals surface area contributed by atoms with Crippen molar-refractivity contribution in [1.29, 1.82) is 0 Å². The van der Waals surface area contributed by atoms with E-state index in [4.69, 9.17) is 9.15 Å². The van der Waals surface area contributed by atoms with Gasteiger partial charge in [-0.3, -0.25) is 0 Å². The van der Waals surface area contributed by atoms with Crippen molar-refractivity contribution in [3.63, 3.8) is 0 Å². The van der Waals surface area contributed by atoms with E-state index in [-0.39, 0.29) is 0 Å². The van der Waals surface area contributed by atoms with Crippen LogP contribution in [0.2, 0.25) is 0 Å². The summed E-state index contributed by atoms with van der Waals surface area (Å²) in [5.41, 5.74) is 1.16. The van der Waals surface area contributed by atoms with Gasteiger partial charge in [0, 0.05) is 12.1 Å². The number of rotatable bonds is 11. The van der Waals surface area contributed by atoms with Crippen molar-refractivity contribution in [2.75, 3.05) is 32.8 Å². The van der Waals surface area contributed by atoms with E-state index >= 15 is 0 Å². The Morgan fingerprint density at radius 2 is 2.00 bits per heavy atom. The third kappa shape index (κ3) is 6.07. The summed E-state index contributed by atoms with van der Waals surface area (Å²) < 4.78 is 11.5. The summed E-state index contributed by atoms with van der Waals surface area (Å²) >= 11 is 0. The lowest BCUT2D eigenvalue weighted by atomic mass is 10.2. The van der Waals surface area contributed by atoms with Crippen LogP contribution in [0, 0.1) is 6.92 Å². The number of aryl methyl sites for hydroxylation is 1. The van der Waals surface area contributed by atoms with E-state index in [0.717, 1.165) is 62.8 Å². The van der Waals surface area contributed by atoms with Gasteiger partial charge in [0.2, 0.25) is 0 Å². The minimum absolute atomic E-state index is 0.643. The Kier molecular flexibility index (Phi) is 8.58. The maximum atomic E-state index is 5.75. The fourth-order valence-corrected chi connectivity index (χ4v) is 2.12. The van der Waals surface area contributed by atoms with Crippen molar-refractivity contribution < 1.29 is 9.15 Å². The van der Waals surface area contributed by atoms with Crippen molar-refractivity contribution in [2.24, 2.45) is 0 Å². The van der Waals surface area contributed by atoms with Gasteiger partial charge in [0.1, 0.15) is 11.5 Å². The number of nitrogens with zero attached hydrogens (tertiary/aromatic N) is 1. The van der Waals surface area contributed by atoms with Crippen LogP contribution in [0.1, 0.15) is 44.3 Å². The molecule has 1 N–H and O–H groups in total. The molecule has 1 rings (SSSR count). The molecule has 0 radical (unpaired) electrons. The molecular formula is C16H30N2O2. The smallest absolute Gasteiger partial charge is 0.118 e. The highest BCUT2D eigenvalue weighted by Gasteiger charge is 2.07. The molecule has 4 nitrogen and oxygen atoms in total. The lowest BCUT2D eigenvalue weighted by molar-refractivity contribution is 0.0949. The van der Waals surface area contributed by atoms with Crippen LogP contribution in [-0.4, -0.2) is 37.7 Å². The van der Waals surface area contributed by atoms with Gasteiger partial charge in [-0.05, 0) is 39.0 Å². The molecule has 0 atom stereocenters. The summed E-state index contributed by atoms with van der Waals surface area (Å²) in [6, 6.07) is 2.11. The Bertz CT molecular complexity index is 359. The van der Waals surface area contributed by atoms with Crippen molar-refractivity contribution in [2.45, 2.75) is 47.3 Å². The van der Waals surface area contributed by atoms with Crippen LogP contribution in [0.5, 0.6) is 0 Å². The van der Waals surface area contributed by atoms with Gasteiger partial charge in [0.25, 0.3) is 0 Å². The second-order valence-corrected chi connectivity index (χ2v) is 5.05. The monoisotopic (exact) mass is 282 g/mol. The first-order chi connectivity index (χ1) is 9.71. The van der Waals surface area contributed by atoms with Gasteiger partial charge in [-0.2, -0.15) is 0 Å². The Hall–Kier alpha value is -0.840. The Morgan fingerprint density at radius 3 is 2.65 bits per heavy atom. The van der Waals surface area contributed by atoms with Crippen molar-refractivity contribution in [3.05, 3.63) is 23.2 Å². The molecule has 0 saturated carbocycles. The highest BCUT2D eigenvalue weighted by atomic mass is 16.5. The Morgan fingerprint density at radius 1 is 1.25 bits per heavy atom. The summed E-state index contributed by atoms with van der Waals surface area (Å²) in [5.74, 6) is 1.97. The number of hydrogen-bond donors (Lipinski definition) is 1. The first kappa shape index (κ1) is 17.2. The van der Waals surface area contributed by atoms with Gasteiger partial charge in [0.15, 0.2) is 0 Å². The number of hydrogen-bond acceptors (Lipinski definition) is 4. The summed E-state index contributed by atoms with van der Waals surface area (Å²) in [6.07, 6.45) is 1.14. The zero-order valence-corrected chi connectivity index (χ0v) is 13.5. The van der Waals surface area contributed by atoms with Crippen LogP contribution in [0.15, 0.2) is 10.5 Å². The van der Waals surface area contributed by atoms with Crippen molar-refractivity contribution in [1.82, 2.24) is 10.2 Å². The fourth-order valence-electron chi connectivity index (χ4n) is 2.12. The molecule has 1 heterocycles. The summed E-state index contributed by atoms with van der Waals surface area (Å²) in [6.45, 7) is 14.9. The fraction of sp³-hybridized carbons (Fsp3) is 0.750. The molecule has 0 aromatic carbocycles. The topological polar surface area (TPSA) is 37.6 Å². The predicted octanol–water partition coefficient (Wildman–Crippen LogP) is 2.95. The maximum Gasteiger partial charge on any atom is 0.118 e. The summed E-state index contributed by atoms with van der Waals surface area (Å²) in [5, 5.41) is 3.35. The highest BCUT2D eigenvalue weighted by molar-refractivity contribution is 5.19. The third-order valence-electron chi connectivity index (χ3n) is 3.50. The van der Waals surface area contributed by atoms with Crippen LogP contribution in [0.25, 0.3) is 0 Å². The van der Waals surface area contributed by atoms with Gasteiger partial charge in [-0.25, -0.2) is 0 Å². The van der Waals surface area contributed by atoms with Gasteiger partial charge in [0.05, 0.1) is 19.8 Å². The van der Waals surface area contributed by atoms with E-state index in [1.165, 1.54) is 0 Å². The quantitative estimate of drug-likeness (QED) is 0.633. The van der Waals surface area contributed by atoms with E-state index < -0.39 is 0 Å². The molecule has 1 aromatic heterocycles. The molecule has 4 heteroatoms. The van der Waals surface area contributed by atoms with Gasteiger partial charge < -0.3 is 19.4 Å². The Balaban J connectivity index is 2.29. The van der Waals surface area contributed by atoms with Gasteiger partial charge >= 0.3 is 0 Å². The average molecular weight is 282 g/mol. The lowest BCUT2D eigenvalue weighted by Gasteiger charge is -2.17. The van der Waals surface area contributed by atoms with E-state index in [9.17, 15) is 0 Å². The second-order valence-electron chi connectivity index (χ2n) is 5.05. The molecule has 0 unspecified atom stereocenters. The molecule has 0 amide bonds. The zero-order chi connectivity index (χ0) is 14.8. The third-order valence-corrected chi connectivity index (χ3v) is 3.50. The first-order valence-corrected chi connectivity index (χ1v) is 7.80. The van der Waals surface area contributed by atoms with Crippen LogP contribution in [0.4, 0.5) is 0 Å². The predicted molar refractivity (Wildman–Crippen MR) is 82.9 cm³/mol. The minimum Gasteiger partial charge on any atom is -0.465 e. The Labute approximate surface area is 123 Å². The molecule has 0 bridgehead atoms. The molecular weight excluding hydrogens is 252 g/mol. The maximum absolute atomic E-state index is 5.75. The summed E-state index contributed by atoms with van der Waals surface area (Å²) in [7, 11) is 0. The van der Waals surface area contributed by atoms with Crippen LogP contribution >= 0.6 is 0 Å². The molecule has 0 saturated heterocycles. The van der Waals surface area contributed by atoms with E-state index in [0.29, 0.717) is 6.61 Å². The van der Waals surface area contributed by atoms with Crippen molar-refractivity contribution in [3.8, 4) is 0 Å². The average Bonchev–Trinajstić information content (AvgIpc) is 2.80. The molecule has 0 spiro atoms. The van der Waals surface area contributed by atoms with Gasteiger partial charge in [-0.15, -0.1) is 0 Å². The molecule has 20 heavy (non-hydrogen) atoms. The molecule has 0 fully saturated rings. The normalized spacial score (nSPS) is 11.4. The number of likely N-dealkylation sites (N-methyl/N-ethyl adjacent to an activating group) is 1. The number of nitrogens with one attached hydrogen (secondary N) is 1. The van der Waals surface area contributed by atoms with E-state index in [1.807, 2.05) is 6.92 Å². The van der Waals surface area contributed by atoms with Crippen molar-refractivity contribution >= 4 is 0 Å². The highest BCUT2D eigenvalue weighted by Crippen LogP contribution is 2.15. The van der Waals surface area contributed by atoms with Crippen LogP contribution < -0.4 is 5.32 Å². The van der Waals surface area contributed by atoms with Crippen LogP contribution in [0.3, 0.4) is 0 Å². The lowest BCUT2D eigenvalue weighted by Crippen LogP contribution is -2.26. The van der Waals surface area contributed by atoms with E-state index in [2.05, 4.69) is 37.1 Å². The molecule has 1 aromatic rings. The summed E-state index contributed by atoms with van der Waals surface area (Å²) in [4.78, 5) is 2.36. The molecule has 116 valence electrons. The van der Waals surface area contributed by atoms with Gasteiger partial charge in [-0.1, -0.05) is 20.8 Å². The standard InChI is InChI=1S/C16H30N2O2/c1-5-8-17-12-16-11-15(14(4)20-16)13-19-10-9-18(6-2)7-3/h11,17H,5-10,12-13H2,1-4H3. The second kappa shape index (κ2) is 9.97. The number of furan rings is 1. The van der Waals surface area contributed by atoms with E-state index in [1.54, 1.807) is 0 Å². The minimum atomic E-state index is 0.643. The molecule has 0 aliphatic carbocycles. The number of ether oxygens (including phenoxy) is 1. The zero-order valence-electron chi connectivity index (χ0n) is 13.5. The van der Waals surface area contributed by atoms with Crippen LogP contribution in [-0.2, 0) is 17.9 Å². The SMILES string of the molecule is CCCNCc1cc(COCCN(CC)CC)c(C)o1.